The molecule has 0 heterocycles. The van der Waals surface area contributed by atoms with Crippen LogP contribution >= 0.6 is 15.9 Å². The van der Waals surface area contributed by atoms with Gasteiger partial charge in [0.1, 0.15) is 11.6 Å². The molecule has 1 amide bonds. The summed E-state index contributed by atoms with van der Waals surface area (Å²) in [6.45, 7) is 4.28. The van der Waals surface area contributed by atoms with Crippen molar-refractivity contribution < 1.29 is 4.79 Å². The van der Waals surface area contributed by atoms with Crippen LogP contribution in [0.5, 0.6) is 0 Å². The Kier molecular flexibility index (Phi) is 6.79. The molecule has 0 aliphatic heterocycles. The average Bonchev–Trinajstić information content (AvgIpc) is 2.64. The van der Waals surface area contributed by atoms with Gasteiger partial charge in [-0.05, 0) is 48.2 Å². The van der Waals surface area contributed by atoms with E-state index < -0.39 is 5.91 Å². The molecule has 0 saturated carbocycles. The first kappa shape index (κ1) is 18.8. The Hall–Kier alpha value is -2.58. The number of hydrogen-bond acceptors (Lipinski definition) is 3. The zero-order valence-corrected chi connectivity index (χ0v) is 15.8. The molecule has 2 rings (SSSR count). The van der Waals surface area contributed by atoms with Gasteiger partial charge in [0.25, 0.3) is 5.91 Å². The Bertz CT molecular complexity index is 806. The second-order valence-corrected chi connectivity index (χ2v) is 6.59. The highest BCUT2D eigenvalue weighted by Crippen LogP contribution is 2.26. The van der Waals surface area contributed by atoms with Gasteiger partial charge in [-0.2, -0.15) is 5.26 Å². The summed E-state index contributed by atoms with van der Waals surface area (Å²) in [5.74, 6) is -0.0578. The number of amides is 1. The first-order valence-corrected chi connectivity index (χ1v) is 8.87. The summed E-state index contributed by atoms with van der Waals surface area (Å²) < 4.78 is 0.921. The number of carbonyl (C=O) groups excluding carboxylic acids is 1. The summed E-state index contributed by atoms with van der Waals surface area (Å²) in [5.41, 5.74) is 2.71. The van der Waals surface area contributed by atoms with E-state index in [0.717, 1.165) is 22.1 Å². The van der Waals surface area contributed by atoms with Gasteiger partial charge in [0.15, 0.2) is 0 Å². The number of rotatable bonds is 6. The predicted molar refractivity (Wildman–Crippen MR) is 105 cm³/mol. The van der Waals surface area contributed by atoms with Crippen LogP contribution in [0.15, 0.2) is 64.8 Å². The molecule has 0 radical (unpaired) electrons. The van der Waals surface area contributed by atoms with E-state index in [4.69, 9.17) is 0 Å². The molecule has 1 unspecified atom stereocenters. The lowest BCUT2D eigenvalue weighted by Gasteiger charge is -2.14. The maximum atomic E-state index is 12.3. The van der Waals surface area contributed by atoms with Crippen molar-refractivity contribution in [3.8, 4) is 6.07 Å². The minimum absolute atomic E-state index is 0.0156. The lowest BCUT2D eigenvalue weighted by Crippen LogP contribution is -2.14. The number of nitriles is 1. The van der Waals surface area contributed by atoms with Crippen molar-refractivity contribution in [2.24, 2.45) is 0 Å². The number of anilines is 2. The highest BCUT2D eigenvalue weighted by Gasteiger charge is 2.11. The number of para-hydroxylation sites is 1. The van der Waals surface area contributed by atoms with Crippen LogP contribution in [0, 0.1) is 11.3 Å². The molecule has 2 aromatic carbocycles. The fourth-order valence-electron chi connectivity index (χ4n) is 2.31. The molecule has 2 N–H and O–H groups in total. The molecule has 128 valence electrons. The van der Waals surface area contributed by atoms with Gasteiger partial charge in [-0.3, -0.25) is 4.79 Å². The van der Waals surface area contributed by atoms with Gasteiger partial charge in [-0.1, -0.05) is 48.0 Å². The molecule has 25 heavy (non-hydrogen) atoms. The van der Waals surface area contributed by atoms with Gasteiger partial charge in [-0.15, -0.1) is 0 Å². The molecule has 0 aliphatic carbocycles. The molecule has 2 aromatic rings. The summed E-state index contributed by atoms with van der Waals surface area (Å²) in [4.78, 5) is 12.3. The first-order valence-electron chi connectivity index (χ1n) is 8.07. The van der Waals surface area contributed by atoms with Crippen LogP contribution in [0.4, 0.5) is 11.4 Å². The predicted octanol–water partition coefficient (Wildman–Crippen LogP) is 5.42. The summed E-state index contributed by atoms with van der Waals surface area (Å²) in [7, 11) is 0. The molecule has 0 saturated heterocycles. The molecule has 0 bridgehead atoms. The monoisotopic (exact) mass is 397 g/mol. The maximum Gasteiger partial charge on any atom is 0.267 e. The Labute approximate surface area is 156 Å². The topological polar surface area (TPSA) is 64.9 Å². The van der Waals surface area contributed by atoms with Gasteiger partial charge in [0, 0.05) is 22.0 Å². The van der Waals surface area contributed by atoms with E-state index in [1.54, 1.807) is 12.1 Å². The fraction of sp³-hybridized carbons (Fsp3) is 0.200. The zero-order valence-electron chi connectivity index (χ0n) is 14.2. The van der Waals surface area contributed by atoms with Crippen LogP contribution in [0.25, 0.3) is 0 Å². The van der Waals surface area contributed by atoms with E-state index in [-0.39, 0.29) is 5.57 Å². The van der Waals surface area contributed by atoms with Gasteiger partial charge in [0.05, 0.1) is 0 Å². The van der Waals surface area contributed by atoms with E-state index in [0.29, 0.717) is 11.6 Å². The van der Waals surface area contributed by atoms with Crippen molar-refractivity contribution in [1.82, 2.24) is 0 Å². The van der Waals surface area contributed by atoms with E-state index in [1.807, 2.05) is 36.4 Å². The van der Waals surface area contributed by atoms with Crippen molar-refractivity contribution >= 4 is 33.2 Å². The lowest BCUT2D eigenvalue weighted by molar-refractivity contribution is -0.112. The average molecular weight is 398 g/mol. The molecule has 4 nitrogen and oxygen atoms in total. The van der Waals surface area contributed by atoms with Crippen molar-refractivity contribution in [2.75, 3.05) is 10.6 Å². The Morgan fingerprint density at radius 3 is 2.56 bits per heavy atom. The van der Waals surface area contributed by atoms with E-state index in [1.165, 1.54) is 6.20 Å². The van der Waals surface area contributed by atoms with Gasteiger partial charge in [-0.25, -0.2) is 0 Å². The molecule has 0 aromatic heterocycles. The molecular formula is C20H20BrN3O. The van der Waals surface area contributed by atoms with Crippen LogP contribution in [0.2, 0.25) is 0 Å². The standard InChI is InChI=1S/C20H20BrN3O/c1-3-14(2)18-6-4-5-7-19(18)23-13-15(12-22)20(25)24-17-10-8-16(21)9-11-17/h4-11,13-14,23H,3H2,1-2H3,(H,24,25)/b15-13-. The number of carbonyl (C=O) groups is 1. The van der Waals surface area contributed by atoms with Gasteiger partial charge >= 0.3 is 0 Å². The van der Waals surface area contributed by atoms with Crippen molar-refractivity contribution in [2.45, 2.75) is 26.2 Å². The van der Waals surface area contributed by atoms with E-state index in [2.05, 4.69) is 46.5 Å². The van der Waals surface area contributed by atoms with Crippen molar-refractivity contribution in [1.29, 1.82) is 5.26 Å². The SMILES string of the molecule is CCC(C)c1ccccc1N/C=C(/C#N)C(=O)Nc1ccc(Br)cc1. The Balaban J connectivity index is 2.14. The molecule has 0 spiro atoms. The van der Waals surface area contributed by atoms with Crippen LogP contribution in [-0.2, 0) is 4.79 Å². The number of nitrogens with one attached hydrogen (secondary N) is 2. The smallest absolute Gasteiger partial charge is 0.267 e. The van der Waals surface area contributed by atoms with Crippen LogP contribution in [0.3, 0.4) is 0 Å². The zero-order chi connectivity index (χ0) is 18.2. The highest BCUT2D eigenvalue weighted by molar-refractivity contribution is 9.10. The quantitative estimate of drug-likeness (QED) is 0.504. The van der Waals surface area contributed by atoms with Crippen molar-refractivity contribution in [3.63, 3.8) is 0 Å². The number of benzene rings is 2. The minimum Gasteiger partial charge on any atom is -0.360 e. The third-order valence-electron chi connectivity index (χ3n) is 3.94. The number of hydrogen-bond donors (Lipinski definition) is 2. The van der Waals surface area contributed by atoms with E-state index in [9.17, 15) is 10.1 Å². The Morgan fingerprint density at radius 2 is 1.92 bits per heavy atom. The molecule has 1 atom stereocenters. The molecule has 5 heteroatoms. The second kappa shape index (κ2) is 9.05. The third-order valence-corrected chi connectivity index (χ3v) is 4.47. The molecule has 0 aliphatic rings. The lowest BCUT2D eigenvalue weighted by atomic mass is 9.97. The number of nitrogens with zero attached hydrogens (tertiary/aromatic N) is 1. The minimum atomic E-state index is -0.446. The summed E-state index contributed by atoms with van der Waals surface area (Å²) in [6.07, 6.45) is 2.47. The molecular weight excluding hydrogens is 378 g/mol. The normalized spacial score (nSPS) is 12.2. The summed E-state index contributed by atoms with van der Waals surface area (Å²) >= 11 is 3.34. The van der Waals surface area contributed by atoms with Crippen LogP contribution in [-0.4, -0.2) is 5.91 Å². The number of halogens is 1. The van der Waals surface area contributed by atoms with Crippen LogP contribution in [0.1, 0.15) is 31.7 Å². The van der Waals surface area contributed by atoms with E-state index >= 15 is 0 Å². The second-order valence-electron chi connectivity index (χ2n) is 5.67. The van der Waals surface area contributed by atoms with Crippen molar-refractivity contribution in [3.05, 3.63) is 70.3 Å². The third kappa shape index (κ3) is 5.20. The fourth-order valence-corrected chi connectivity index (χ4v) is 2.57. The first-order chi connectivity index (χ1) is 12.0. The maximum absolute atomic E-state index is 12.3. The summed E-state index contributed by atoms with van der Waals surface area (Å²) in [6, 6.07) is 17.0. The van der Waals surface area contributed by atoms with Crippen LogP contribution < -0.4 is 10.6 Å². The highest BCUT2D eigenvalue weighted by atomic mass is 79.9. The van der Waals surface area contributed by atoms with Gasteiger partial charge in [0.2, 0.25) is 0 Å². The summed E-state index contributed by atoms with van der Waals surface area (Å²) in [5, 5.41) is 15.1. The largest absolute Gasteiger partial charge is 0.360 e. The Morgan fingerprint density at radius 1 is 1.24 bits per heavy atom. The van der Waals surface area contributed by atoms with Gasteiger partial charge < -0.3 is 10.6 Å². The molecule has 0 fully saturated rings.